The van der Waals surface area contributed by atoms with Crippen molar-refractivity contribution in [3.05, 3.63) is 29.3 Å². The summed E-state index contributed by atoms with van der Waals surface area (Å²) in [5.74, 6) is 0.209. The molecule has 3 heterocycles. The Kier molecular flexibility index (Phi) is 6.97. The van der Waals surface area contributed by atoms with E-state index >= 15 is 0 Å². The molecule has 4 amide bonds. The Morgan fingerprint density at radius 1 is 1.19 bits per heavy atom. The molecule has 1 aromatic carbocycles. The van der Waals surface area contributed by atoms with Crippen molar-refractivity contribution in [1.29, 1.82) is 0 Å². The second-order valence-electron chi connectivity index (χ2n) is 8.63. The molecule has 0 unspecified atom stereocenters. The van der Waals surface area contributed by atoms with Crippen molar-refractivity contribution in [3.8, 4) is 0 Å². The summed E-state index contributed by atoms with van der Waals surface area (Å²) < 4.78 is 0. The van der Waals surface area contributed by atoms with E-state index in [1.165, 1.54) is 6.42 Å². The molecule has 3 fully saturated rings. The Morgan fingerprint density at radius 3 is 2.77 bits per heavy atom. The highest BCUT2D eigenvalue weighted by molar-refractivity contribution is 6.30. The lowest BCUT2D eigenvalue weighted by atomic mass is 10.0. The van der Waals surface area contributed by atoms with Crippen molar-refractivity contribution in [3.63, 3.8) is 0 Å². The minimum Gasteiger partial charge on any atom is -0.353 e. The van der Waals surface area contributed by atoms with E-state index < -0.39 is 0 Å². The maximum Gasteiger partial charge on any atom is 0.319 e. The van der Waals surface area contributed by atoms with Gasteiger partial charge < -0.3 is 20.9 Å². The van der Waals surface area contributed by atoms with Crippen LogP contribution >= 0.6 is 11.6 Å². The van der Waals surface area contributed by atoms with Crippen LogP contribution in [0.4, 0.5) is 10.5 Å². The second-order valence-corrected chi connectivity index (χ2v) is 9.07. The van der Waals surface area contributed by atoms with Gasteiger partial charge in [-0.25, -0.2) is 4.79 Å². The SMILES string of the molecule is O=C(Nc1cccc(Cl)c1)N[C@H]1C[C@H]2C(=O)NC[C@@H](CCC(=O)N3CCCCC3)N2C1. The molecule has 3 atom stereocenters. The maximum absolute atomic E-state index is 12.5. The fourth-order valence-electron chi connectivity index (χ4n) is 4.86. The fraction of sp³-hybridized carbons (Fsp3) is 0.591. The normalized spacial score (nSPS) is 26.2. The number of urea groups is 1. The highest BCUT2D eigenvalue weighted by atomic mass is 35.5. The van der Waals surface area contributed by atoms with Crippen LogP contribution in [0.25, 0.3) is 0 Å². The van der Waals surface area contributed by atoms with E-state index in [4.69, 9.17) is 11.6 Å². The van der Waals surface area contributed by atoms with E-state index in [1.807, 2.05) is 4.90 Å². The first kappa shape index (κ1) is 21.9. The van der Waals surface area contributed by atoms with Crippen molar-refractivity contribution in [2.75, 3.05) is 31.5 Å². The topological polar surface area (TPSA) is 93.8 Å². The lowest BCUT2D eigenvalue weighted by Crippen LogP contribution is -2.58. The minimum atomic E-state index is -0.315. The van der Waals surface area contributed by atoms with Gasteiger partial charge in [-0.3, -0.25) is 14.5 Å². The highest BCUT2D eigenvalue weighted by Crippen LogP contribution is 2.26. The summed E-state index contributed by atoms with van der Waals surface area (Å²) in [7, 11) is 0. The average Bonchev–Trinajstić information content (AvgIpc) is 3.18. The van der Waals surface area contributed by atoms with E-state index in [2.05, 4.69) is 20.9 Å². The Bertz CT molecular complexity index is 829. The fourth-order valence-corrected chi connectivity index (χ4v) is 5.05. The Hall–Kier alpha value is -2.32. The predicted octanol–water partition coefficient (Wildman–Crippen LogP) is 2.20. The first-order chi connectivity index (χ1) is 15.0. The number of carbonyl (C=O) groups excluding carboxylic acids is 3. The third-order valence-corrected chi connectivity index (χ3v) is 6.68. The number of piperidine rings is 1. The number of piperazine rings is 1. The molecule has 168 valence electrons. The maximum atomic E-state index is 12.5. The molecule has 8 nitrogen and oxygen atoms in total. The number of fused-ring (bicyclic) bond motifs is 1. The van der Waals surface area contributed by atoms with Gasteiger partial charge in [-0.05, 0) is 50.3 Å². The number of anilines is 1. The van der Waals surface area contributed by atoms with Crippen molar-refractivity contribution < 1.29 is 14.4 Å². The first-order valence-corrected chi connectivity index (χ1v) is 11.5. The summed E-state index contributed by atoms with van der Waals surface area (Å²) in [6, 6.07) is 6.37. The largest absolute Gasteiger partial charge is 0.353 e. The van der Waals surface area contributed by atoms with Gasteiger partial charge in [0.2, 0.25) is 11.8 Å². The smallest absolute Gasteiger partial charge is 0.319 e. The number of nitrogens with one attached hydrogen (secondary N) is 3. The quantitative estimate of drug-likeness (QED) is 0.645. The van der Waals surface area contributed by atoms with Gasteiger partial charge in [0.1, 0.15) is 0 Å². The summed E-state index contributed by atoms with van der Waals surface area (Å²) >= 11 is 5.97. The number of benzene rings is 1. The number of likely N-dealkylation sites (tertiary alicyclic amines) is 1. The molecule has 1 aromatic rings. The monoisotopic (exact) mass is 447 g/mol. The molecule has 0 aromatic heterocycles. The molecule has 4 rings (SSSR count). The van der Waals surface area contributed by atoms with Gasteiger partial charge in [-0.1, -0.05) is 17.7 Å². The van der Waals surface area contributed by atoms with Crippen LogP contribution in [0.15, 0.2) is 24.3 Å². The zero-order valence-electron chi connectivity index (χ0n) is 17.6. The van der Waals surface area contributed by atoms with Crippen LogP contribution in [0.2, 0.25) is 5.02 Å². The number of halogens is 1. The summed E-state index contributed by atoms with van der Waals surface area (Å²) in [6.07, 6.45) is 5.15. The molecule has 0 spiro atoms. The number of carbonyl (C=O) groups is 3. The van der Waals surface area contributed by atoms with Crippen LogP contribution in [0.3, 0.4) is 0 Å². The lowest BCUT2D eigenvalue weighted by Gasteiger charge is -2.37. The third kappa shape index (κ3) is 5.49. The summed E-state index contributed by atoms with van der Waals surface area (Å²) in [4.78, 5) is 41.5. The highest BCUT2D eigenvalue weighted by Gasteiger charge is 2.43. The van der Waals surface area contributed by atoms with E-state index in [1.54, 1.807) is 24.3 Å². The third-order valence-electron chi connectivity index (χ3n) is 6.44. The van der Waals surface area contributed by atoms with Crippen molar-refractivity contribution in [2.45, 2.75) is 56.7 Å². The Labute approximate surface area is 187 Å². The lowest BCUT2D eigenvalue weighted by molar-refractivity contribution is -0.133. The standard InChI is InChI=1S/C22H30ClN5O3/c23-15-5-4-6-16(11-15)25-22(31)26-17-12-19-21(30)24-13-18(28(19)14-17)7-8-20(29)27-9-2-1-3-10-27/h4-6,11,17-19H,1-3,7-10,12-14H2,(H,24,30)(H2,25,26,31)/t17-,18+,19-/m0/s1. The molecular weight excluding hydrogens is 418 g/mol. The van der Waals surface area contributed by atoms with Crippen molar-refractivity contribution >= 4 is 35.1 Å². The van der Waals surface area contributed by atoms with E-state index in [-0.39, 0.29) is 36.0 Å². The van der Waals surface area contributed by atoms with Crippen LogP contribution in [-0.4, -0.2) is 71.9 Å². The Balaban J connectivity index is 1.30. The molecule has 0 aliphatic carbocycles. The average molecular weight is 448 g/mol. The number of hydrogen-bond acceptors (Lipinski definition) is 4. The molecule has 3 saturated heterocycles. The van der Waals surface area contributed by atoms with Crippen molar-refractivity contribution in [1.82, 2.24) is 20.4 Å². The Morgan fingerprint density at radius 2 is 2.00 bits per heavy atom. The zero-order valence-corrected chi connectivity index (χ0v) is 18.4. The van der Waals surface area contributed by atoms with Gasteiger partial charge in [0, 0.05) is 55.4 Å². The van der Waals surface area contributed by atoms with Gasteiger partial charge in [0.05, 0.1) is 6.04 Å². The van der Waals surface area contributed by atoms with Gasteiger partial charge in [0.15, 0.2) is 0 Å². The number of amides is 4. The first-order valence-electron chi connectivity index (χ1n) is 11.1. The minimum absolute atomic E-state index is 0.00171. The van der Waals surface area contributed by atoms with Gasteiger partial charge >= 0.3 is 6.03 Å². The van der Waals surface area contributed by atoms with Gasteiger partial charge in [0.25, 0.3) is 0 Å². The molecule has 9 heteroatoms. The van der Waals surface area contributed by atoms with E-state index in [0.717, 1.165) is 25.9 Å². The summed E-state index contributed by atoms with van der Waals surface area (Å²) in [6.45, 7) is 2.87. The molecule has 0 saturated carbocycles. The van der Waals surface area contributed by atoms with Gasteiger partial charge in [-0.15, -0.1) is 0 Å². The summed E-state index contributed by atoms with van der Waals surface area (Å²) in [5.41, 5.74) is 0.618. The van der Waals surface area contributed by atoms with Gasteiger partial charge in [-0.2, -0.15) is 0 Å². The molecular formula is C22H30ClN5O3. The van der Waals surface area contributed by atoms with E-state index in [0.29, 0.717) is 43.1 Å². The summed E-state index contributed by atoms with van der Waals surface area (Å²) in [5, 5.41) is 9.29. The van der Waals surface area contributed by atoms with Crippen LogP contribution in [0.5, 0.6) is 0 Å². The molecule has 3 aliphatic heterocycles. The number of nitrogens with zero attached hydrogens (tertiary/aromatic N) is 2. The molecule has 0 bridgehead atoms. The number of hydrogen-bond donors (Lipinski definition) is 3. The predicted molar refractivity (Wildman–Crippen MR) is 119 cm³/mol. The van der Waals surface area contributed by atoms with Crippen LogP contribution < -0.4 is 16.0 Å². The van der Waals surface area contributed by atoms with Crippen LogP contribution in [0.1, 0.15) is 38.5 Å². The number of rotatable bonds is 5. The molecule has 0 radical (unpaired) electrons. The molecule has 3 aliphatic rings. The second kappa shape index (κ2) is 9.87. The van der Waals surface area contributed by atoms with Crippen LogP contribution in [0, 0.1) is 0 Å². The van der Waals surface area contributed by atoms with E-state index in [9.17, 15) is 14.4 Å². The zero-order chi connectivity index (χ0) is 21.8. The molecule has 31 heavy (non-hydrogen) atoms. The molecule has 3 N–H and O–H groups in total. The van der Waals surface area contributed by atoms with Crippen LogP contribution in [-0.2, 0) is 9.59 Å². The van der Waals surface area contributed by atoms with Crippen molar-refractivity contribution in [2.24, 2.45) is 0 Å².